The molecule has 0 aliphatic heterocycles. The predicted molar refractivity (Wildman–Crippen MR) is 71.9 cm³/mol. The fourth-order valence-electron chi connectivity index (χ4n) is 1.58. The van der Waals surface area contributed by atoms with Crippen molar-refractivity contribution in [2.45, 2.75) is 33.2 Å². The predicted octanol–water partition coefficient (Wildman–Crippen LogP) is 1.57. The third-order valence-electron chi connectivity index (χ3n) is 2.52. The van der Waals surface area contributed by atoms with Gasteiger partial charge in [-0.2, -0.15) is 0 Å². The lowest BCUT2D eigenvalue weighted by atomic mass is 10.3. The van der Waals surface area contributed by atoms with Gasteiger partial charge in [-0.05, 0) is 38.9 Å². The third kappa shape index (κ3) is 5.20. The molecule has 0 radical (unpaired) electrons. The van der Waals surface area contributed by atoms with Gasteiger partial charge in [-0.15, -0.1) is 0 Å². The molecule has 0 amide bonds. The van der Waals surface area contributed by atoms with Gasteiger partial charge >= 0.3 is 0 Å². The zero-order valence-corrected chi connectivity index (χ0v) is 12.0. The SMILES string of the molecule is CCCNCCS(=O)(=O)NC(C)c1ccc(C)o1. The van der Waals surface area contributed by atoms with E-state index < -0.39 is 10.0 Å². The van der Waals surface area contributed by atoms with E-state index in [4.69, 9.17) is 4.42 Å². The van der Waals surface area contributed by atoms with Crippen molar-refractivity contribution in [1.29, 1.82) is 0 Å². The molecule has 6 heteroatoms. The van der Waals surface area contributed by atoms with Crippen LogP contribution in [0.2, 0.25) is 0 Å². The van der Waals surface area contributed by atoms with Gasteiger partial charge < -0.3 is 9.73 Å². The van der Waals surface area contributed by atoms with Gasteiger partial charge in [-0.1, -0.05) is 6.92 Å². The summed E-state index contributed by atoms with van der Waals surface area (Å²) in [4.78, 5) is 0. The summed E-state index contributed by atoms with van der Waals surface area (Å²) in [7, 11) is -3.27. The van der Waals surface area contributed by atoms with Gasteiger partial charge in [0.1, 0.15) is 11.5 Å². The highest BCUT2D eigenvalue weighted by Crippen LogP contribution is 2.16. The van der Waals surface area contributed by atoms with Crippen LogP contribution in [0.5, 0.6) is 0 Å². The molecule has 1 unspecified atom stereocenters. The van der Waals surface area contributed by atoms with E-state index in [0.717, 1.165) is 18.7 Å². The van der Waals surface area contributed by atoms with Gasteiger partial charge in [0.15, 0.2) is 0 Å². The molecular formula is C12H22N2O3S. The minimum atomic E-state index is -3.27. The van der Waals surface area contributed by atoms with E-state index in [0.29, 0.717) is 12.3 Å². The molecule has 18 heavy (non-hydrogen) atoms. The van der Waals surface area contributed by atoms with Crippen LogP contribution in [-0.2, 0) is 10.0 Å². The first-order valence-corrected chi connectivity index (χ1v) is 7.87. The van der Waals surface area contributed by atoms with Crippen molar-refractivity contribution in [1.82, 2.24) is 10.0 Å². The molecule has 1 aromatic rings. The highest BCUT2D eigenvalue weighted by Gasteiger charge is 2.17. The fourth-order valence-corrected chi connectivity index (χ4v) is 2.77. The van der Waals surface area contributed by atoms with Gasteiger partial charge in [0.25, 0.3) is 0 Å². The first-order chi connectivity index (χ1) is 8.44. The Morgan fingerprint density at radius 3 is 2.61 bits per heavy atom. The van der Waals surface area contributed by atoms with Crippen LogP contribution in [0.3, 0.4) is 0 Å². The molecule has 0 spiro atoms. The van der Waals surface area contributed by atoms with Gasteiger partial charge in [0, 0.05) is 6.54 Å². The van der Waals surface area contributed by atoms with Crippen molar-refractivity contribution in [2.24, 2.45) is 0 Å². The fraction of sp³-hybridized carbons (Fsp3) is 0.667. The molecule has 0 fully saturated rings. The van der Waals surface area contributed by atoms with Crippen LogP contribution in [0.25, 0.3) is 0 Å². The van der Waals surface area contributed by atoms with Crippen molar-refractivity contribution in [3.63, 3.8) is 0 Å². The van der Waals surface area contributed by atoms with Crippen LogP contribution in [-0.4, -0.2) is 27.3 Å². The maximum Gasteiger partial charge on any atom is 0.213 e. The average molecular weight is 274 g/mol. The molecule has 1 rings (SSSR count). The number of hydrogen-bond donors (Lipinski definition) is 2. The Balaban J connectivity index is 2.44. The van der Waals surface area contributed by atoms with E-state index in [1.807, 2.05) is 19.9 Å². The summed E-state index contributed by atoms with van der Waals surface area (Å²) in [5.41, 5.74) is 0. The molecule has 0 aliphatic rings. The third-order valence-corrected chi connectivity index (χ3v) is 3.97. The minimum absolute atomic E-state index is 0.0804. The van der Waals surface area contributed by atoms with Gasteiger partial charge in [0.2, 0.25) is 10.0 Å². The van der Waals surface area contributed by atoms with Crippen molar-refractivity contribution in [3.8, 4) is 0 Å². The van der Waals surface area contributed by atoms with E-state index in [1.165, 1.54) is 0 Å². The summed E-state index contributed by atoms with van der Waals surface area (Å²) >= 11 is 0. The molecular weight excluding hydrogens is 252 g/mol. The molecule has 104 valence electrons. The maximum absolute atomic E-state index is 11.8. The van der Waals surface area contributed by atoms with Crippen LogP contribution in [0.15, 0.2) is 16.5 Å². The van der Waals surface area contributed by atoms with E-state index in [-0.39, 0.29) is 11.8 Å². The monoisotopic (exact) mass is 274 g/mol. The number of nitrogens with one attached hydrogen (secondary N) is 2. The van der Waals surface area contributed by atoms with Crippen LogP contribution in [0, 0.1) is 6.92 Å². The Kier molecular flexibility index (Phi) is 5.84. The first-order valence-electron chi connectivity index (χ1n) is 6.21. The van der Waals surface area contributed by atoms with Crippen LogP contribution in [0.4, 0.5) is 0 Å². The summed E-state index contributed by atoms with van der Waals surface area (Å²) in [6.07, 6.45) is 0.996. The second kappa shape index (κ2) is 6.92. The largest absolute Gasteiger partial charge is 0.465 e. The Labute approximate surface area is 109 Å². The van der Waals surface area contributed by atoms with Crippen molar-refractivity contribution < 1.29 is 12.8 Å². The molecule has 0 saturated carbocycles. The number of furan rings is 1. The van der Waals surface area contributed by atoms with E-state index in [2.05, 4.69) is 10.0 Å². The molecule has 2 N–H and O–H groups in total. The molecule has 1 heterocycles. The zero-order valence-electron chi connectivity index (χ0n) is 11.2. The second-order valence-corrected chi connectivity index (χ2v) is 6.23. The normalized spacial score (nSPS) is 13.7. The number of aryl methyl sites for hydroxylation is 1. The summed E-state index contributed by atoms with van der Waals surface area (Å²) in [5, 5.41) is 3.07. The quantitative estimate of drug-likeness (QED) is 0.706. The summed E-state index contributed by atoms with van der Waals surface area (Å²) < 4.78 is 31.6. The summed E-state index contributed by atoms with van der Waals surface area (Å²) in [5.74, 6) is 1.50. The highest BCUT2D eigenvalue weighted by molar-refractivity contribution is 7.89. The van der Waals surface area contributed by atoms with Gasteiger partial charge in [-0.3, -0.25) is 0 Å². The number of rotatable bonds is 8. The van der Waals surface area contributed by atoms with E-state index >= 15 is 0 Å². The van der Waals surface area contributed by atoms with Crippen molar-refractivity contribution in [2.75, 3.05) is 18.8 Å². The first kappa shape index (κ1) is 15.2. The van der Waals surface area contributed by atoms with E-state index in [9.17, 15) is 8.42 Å². The number of hydrogen-bond acceptors (Lipinski definition) is 4. The molecule has 1 atom stereocenters. The Morgan fingerprint density at radius 2 is 2.06 bits per heavy atom. The zero-order chi connectivity index (χ0) is 13.6. The molecule has 0 aromatic carbocycles. The van der Waals surface area contributed by atoms with Crippen LogP contribution in [0.1, 0.15) is 37.8 Å². The second-order valence-electron chi connectivity index (χ2n) is 4.36. The lowest BCUT2D eigenvalue weighted by Crippen LogP contribution is -2.33. The highest BCUT2D eigenvalue weighted by atomic mass is 32.2. The van der Waals surface area contributed by atoms with Gasteiger partial charge in [-0.25, -0.2) is 13.1 Å². The lowest BCUT2D eigenvalue weighted by Gasteiger charge is -2.12. The maximum atomic E-state index is 11.8. The Morgan fingerprint density at radius 1 is 1.33 bits per heavy atom. The molecule has 5 nitrogen and oxygen atoms in total. The average Bonchev–Trinajstić information content (AvgIpc) is 2.71. The molecule has 0 aliphatic carbocycles. The smallest absolute Gasteiger partial charge is 0.213 e. The lowest BCUT2D eigenvalue weighted by molar-refractivity contribution is 0.441. The van der Waals surface area contributed by atoms with Gasteiger partial charge in [0.05, 0.1) is 11.8 Å². The summed E-state index contributed by atoms with van der Waals surface area (Å²) in [6, 6.07) is 3.27. The van der Waals surface area contributed by atoms with Crippen molar-refractivity contribution >= 4 is 10.0 Å². The molecule has 1 aromatic heterocycles. The Hall–Kier alpha value is -0.850. The molecule has 0 bridgehead atoms. The summed E-state index contributed by atoms with van der Waals surface area (Å²) in [6.45, 7) is 6.95. The Bertz CT molecular complexity index is 454. The number of sulfonamides is 1. The topological polar surface area (TPSA) is 71.3 Å². The van der Waals surface area contributed by atoms with Crippen LogP contribution < -0.4 is 10.0 Å². The standard InChI is InChI=1S/C12H22N2O3S/c1-4-7-13-8-9-18(15,16)14-11(3)12-6-5-10(2)17-12/h5-6,11,13-14H,4,7-9H2,1-3H3. The van der Waals surface area contributed by atoms with Crippen molar-refractivity contribution in [3.05, 3.63) is 23.7 Å². The minimum Gasteiger partial charge on any atom is -0.465 e. The molecule has 0 saturated heterocycles. The van der Waals surface area contributed by atoms with Crippen LogP contribution >= 0.6 is 0 Å². The van der Waals surface area contributed by atoms with E-state index in [1.54, 1.807) is 13.0 Å².